The molecule has 1 unspecified atom stereocenters. The van der Waals surface area contributed by atoms with Crippen molar-refractivity contribution in [1.82, 2.24) is 5.32 Å². The van der Waals surface area contributed by atoms with E-state index in [1.807, 2.05) is 0 Å². The molecule has 18 heavy (non-hydrogen) atoms. The predicted molar refractivity (Wildman–Crippen MR) is 73.1 cm³/mol. The van der Waals surface area contributed by atoms with Crippen molar-refractivity contribution in [3.05, 3.63) is 28.2 Å². The fourth-order valence-corrected chi connectivity index (χ4v) is 4.01. The Balaban J connectivity index is 2.11. The van der Waals surface area contributed by atoms with Crippen molar-refractivity contribution in [2.24, 2.45) is 0 Å². The van der Waals surface area contributed by atoms with E-state index in [9.17, 15) is 13.2 Å². The minimum Gasteiger partial charge on any atom is -0.398 e. The standard InChI is InChI=1S/C11H13BrN2O3S/c12-10-8(2-1-3-9(10)13)11(15)14-7-4-5-18(16,17)6-7/h1-3,7H,4-6,13H2,(H,14,15). The van der Waals surface area contributed by atoms with E-state index in [0.717, 1.165) is 0 Å². The molecule has 1 fully saturated rings. The van der Waals surface area contributed by atoms with Crippen molar-refractivity contribution in [2.75, 3.05) is 17.2 Å². The maximum Gasteiger partial charge on any atom is 0.252 e. The monoisotopic (exact) mass is 332 g/mol. The summed E-state index contributed by atoms with van der Waals surface area (Å²) in [6.45, 7) is 0. The Morgan fingerprint density at radius 3 is 2.78 bits per heavy atom. The molecule has 7 heteroatoms. The molecule has 0 aliphatic carbocycles. The van der Waals surface area contributed by atoms with Crippen LogP contribution < -0.4 is 11.1 Å². The smallest absolute Gasteiger partial charge is 0.252 e. The van der Waals surface area contributed by atoms with E-state index < -0.39 is 9.84 Å². The fraction of sp³-hybridized carbons (Fsp3) is 0.364. The molecular formula is C11H13BrN2O3S. The first kappa shape index (κ1) is 13.4. The molecule has 0 spiro atoms. The van der Waals surface area contributed by atoms with E-state index in [1.165, 1.54) is 0 Å². The molecule has 3 N–H and O–H groups in total. The van der Waals surface area contributed by atoms with Gasteiger partial charge < -0.3 is 11.1 Å². The van der Waals surface area contributed by atoms with Crippen molar-refractivity contribution >= 4 is 37.4 Å². The second-order valence-corrected chi connectivity index (χ2v) is 7.30. The fourth-order valence-electron chi connectivity index (χ4n) is 1.90. The summed E-state index contributed by atoms with van der Waals surface area (Å²) < 4.78 is 23.1. The normalized spacial score (nSPS) is 21.7. The van der Waals surface area contributed by atoms with Gasteiger partial charge in [0.05, 0.1) is 21.5 Å². The van der Waals surface area contributed by atoms with Crippen molar-refractivity contribution in [3.63, 3.8) is 0 Å². The Hall–Kier alpha value is -1.08. The van der Waals surface area contributed by atoms with E-state index in [0.29, 0.717) is 22.1 Å². The van der Waals surface area contributed by atoms with Crippen molar-refractivity contribution < 1.29 is 13.2 Å². The lowest BCUT2D eigenvalue weighted by Crippen LogP contribution is -2.35. The van der Waals surface area contributed by atoms with Gasteiger partial charge in [-0.2, -0.15) is 0 Å². The van der Waals surface area contributed by atoms with E-state index in [2.05, 4.69) is 21.2 Å². The van der Waals surface area contributed by atoms with E-state index in [4.69, 9.17) is 5.73 Å². The maximum absolute atomic E-state index is 12.0. The third-order valence-electron chi connectivity index (χ3n) is 2.84. The summed E-state index contributed by atoms with van der Waals surface area (Å²) in [4.78, 5) is 12.0. The van der Waals surface area contributed by atoms with E-state index in [1.54, 1.807) is 18.2 Å². The number of rotatable bonds is 2. The molecule has 0 bridgehead atoms. The van der Waals surface area contributed by atoms with Gasteiger partial charge in [0.25, 0.3) is 5.91 Å². The minimum atomic E-state index is -2.99. The van der Waals surface area contributed by atoms with Crippen LogP contribution in [0.5, 0.6) is 0 Å². The van der Waals surface area contributed by atoms with Gasteiger partial charge in [0, 0.05) is 11.7 Å². The second-order valence-electron chi connectivity index (χ2n) is 4.28. The van der Waals surface area contributed by atoms with Gasteiger partial charge in [0.1, 0.15) is 0 Å². The third kappa shape index (κ3) is 2.84. The van der Waals surface area contributed by atoms with Gasteiger partial charge in [-0.1, -0.05) is 6.07 Å². The minimum absolute atomic E-state index is 0.0126. The van der Waals surface area contributed by atoms with Crippen molar-refractivity contribution in [2.45, 2.75) is 12.5 Å². The Bertz CT molecular complexity index is 586. The number of anilines is 1. The van der Waals surface area contributed by atoms with Gasteiger partial charge in [-0.15, -0.1) is 0 Å². The van der Waals surface area contributed by atoms with Crippen LogP contribution in [0.2, 0.25) is 0 Å². The Morgan fingerprint density at radius 2 is 2.17 bits per heavy atom. The highest BCUT2D eigenvalue weighted by Gasteiger charge is 2.29. The predicted octanol–water partition coefficient (Wildman–Crippen LogP) is 0.948. The summed E-state index contributed by atoms with van der Waals surface area (Å²) in [5.74, 6) is -0.161. The highest BCUT2D eigenvalue weighted by Crippen LogP contribution is 2.24. The molecule has 1 aromatic rings. The van der Waals surface area contributed by atoms with Gasteiger partial charge in [0.15, 0.2) is 9.84 Å². The molecule has 1 heterocycles. The summed E-state index contributed by atoms with van der Waals surface area (Å²) in [7, 11) is -2.99. The highest BCUT2D eigenvalue weighted by molar-refractivity contribution is 9.10. The molecule has 5 nitrogen and oxygen atoms in total. The largest absolute Gasteiger partial charge is 0.398 e. The number of nitrogens with one attached hydrogen (secondary N) is 1. The van der Waals surface area contributed by atoms with Gasteiger partial charge in [-0.3, -0.25) is 4.79 Å². The van der Waals surface area contributed by atoms with Crippen LogP contribution in [0.3, 0.4) is 0 Å². The first-order valence-electron chi connectivity index (χ1n) is 5.44. The number of benzene rings is 1. The first-order chi connectivity index (χ1) is 8.39. The van der Waals surface area contributed by atoms with Crippen LogP contribution in [-0.2, 0) is 9.84 Å². The highest BCUT2D eigenvalue weighted by atomic mass is 79.9. The van der Waals surface area contributed by atoms with Crippen LogP contribution in [0.25, 0.3) is 0 Å². The molecule has 0 saturated carbocycles. The van der Waals surface area contributed by atoms with Crippen molar-refractivity contribution in [1.29, 1.82) is 0 Å². The van der Waals surface area contributed by atoms with Crippen LogP contribution >= 0.6 is 15.9 Å². The van der Waals surface area contributed by atoms with Gasteiger partial charge >= 0.3 is 0 Å². The zero-order chi connectivity index (χ0) is 13.3. The third-order valence-corrected chi connectivity index (χ3v) is 5.49. The average molecular weight is 333 g/mol. The Labute approximate surface area is 114 Å². The first-order valence-corrected chi connectivity index (χ1v) is 8.06. The number of carbonyl (C=O) groups excluding carboxylic acids is 1. The lowest BCUT2D eigenvalue weighted by molar-refractivity contribution is 0.0940. The number of nitrogens with two attached hydrogens (primary N) is 1. The molecule has 1 aliphatic rings. The number of amides is 1. The zero-order valence-electron chi connectivity index (χ0n) is 9.52. The number of carbonyl (C=O) groups is 1. The number of hydrogen-bond acceptors (Lipinski definition) is 4. The average Bonchev–Trinajstić information content (AvgIpc) is 2.62. The number of nitrogen functional groups attached to an aromatic ring is 1. The van der Waals surface area contributed by atoms with Gasteiger partial charge in [0.2, 0.25) is 0 Å². The molecule has 1 amide bonds. The van der Waals surface area contributed by atoms with Crippen LogP contribution in [-0.4, -0.2) is 31.9 Å². The molecule has 0 aromatic heterocycles. The lowest BCUT2D eigenvalue weighted by Gasteiger charge is -2.12. The van der Waals surface area contributed by atoms with E-state index >= 15 is 0 Å². The SMILES string of the molecule is Nc1cccc(C(=O)NC2CCS(=O)(=O)C2)c1Br. The summed E-state index contributed by atoms with van der Waals surface area (Å²) in [5.41, 5.74) is 6.58. The summed E-state index contributed by atoms with van der Waals surface area (Å²) in [5, 5.41) is 2.72. The Kier molecular flexibility index (Phi) is 3.63. The molecule has 1 atom stereocenters. The van der Waals surface area contributed by atoms with Crippen LogP contribution in [0.4, 0.5) is 5.69 Å². The molecule has 1 aliphatic heterocycles. The van der Waals surface area contributed by atoms with Gasteiger partial charge in [-0.25, -0.2) is 8.42 Å². The molecule has 98 valence electrons. The van der Waals surface area contributed by atoms with Gasteiger partial charge in [-0.05, 0) is 34.5 Å². The second kappa shape index (κ2) is 4.89. The number of halogens is 1. The molecule has 2 rings (SSSR count). The quantitative estimate of drug-likeness (QED) is 0.789. The Morgan fingerprint density at radius 1 is 1.44 bits per heavy atom. The molecule has 1 saturated heterocycles. The summed E-state index contributed by atoms with van der Waals surface area (Å²) in [6.07, 6.45) is 0.466. The zero-order valence-corrected chi connectivity index (χ0v) is 11.9. The van der Waals surface area contributed by atoms with Crippen LogP contribution in [0.15, 0.2) is 22.7 Å². The number of sulfone groups is 1. The molecule has 1 aromatic carbocycles. The van der Waals surface area contributed by atoms with E-state index in [-0.39, 0.29) is 23.5 Å². The summed E-state index contributed by atoms with van der Waals surface area (Å²) >= 11 is 3.25. The molecular weight excluding hydrogens is 320 g/mol. The lowest BCUT2D eigenvalue weighted by atomic mass is 10.1. The molecule has 0 radical (unpaired) electrons. The topological polar surface area (TPSA) is 89.3 Å². The van der Waals surface area contributed by atoms with Crippen LogP contribution in [0, 0.1) is 0 Å². The number of hydrogen-bond donors (Lipinski definition) is 2. The van der Waals surface area contributed by atoms with Crippen molar-refractivity contribution in [3.8, 4) is 0 Å². The van der Waals surface area contributed by atoms with Crippen LogP contribution in [0.1, 0.15) is 16.8 Å². The maximum atomic E-state index is 12.0. The summed E-state index contributed by atoms with van der Waals surface area (Å²) in [6, 6.07) is 4.69.